The number of nitrogens with zero attached hydrogens (tertiary/aromatic N) is 2. The van der Waals surface area contributed by atoms with Gasteiger partial charge in [-0.05, 0) is 68.5 Å². The number of anilines is 1. The van der Waals surface area contributed by atoms with Gasteiger partial charge in [0.05, 0.1) is 10.5 Å². The second-order valence-corrected chi connectivity index (χ2v) is 8.77. The molecule has 2 aromatic carbocycles. The zero-order valence-corrected chi connectivity index (χ0v) is 18.2. The fourth-order valence-electron chi connectivity index (χ4n) is 4.81. The fraction of sp³-hybridized carbons (Fsp3) is 0.292. The molecule has 0 saturated heterocycles. The predicted octanol–water partition coefficient (Wildman–Crippen LogP) is 5.61. The zero-order valence-electron chi connectivity index (χ0n) is 17.4. The number of benzene rings is 2. The topological polar surface area (TPSA) is 77.1 Å². The molecule has 1 amide bonds. The minimum absolute atomic E-state index is 0.0502. The molecule has 1 saturated carbocycles. The number of aromatic nitrogens is 2. The highest BCUT2D eigenvalue weighted by molar-refractivity contribution is 6.37. The van der Waals surface area contributed by atoms with Crippen molar-refractivity contribution >= 4 is 45.0 Å². The average Bonchev–Trinajstić information content (AvgIpc) is 3.37. The Morgan fingerprint density at radius 1 is 1.22 bits per heavy atom. The van der Waals surface area contributed by atoms with Crippen LogP contribution in [0.3, 0.4) is 0 Å². The van der Waals surface area contributed by atoms with Gasteiger partial charge in [0, 0.05) is 23.5 Å². The van der Waals surface area contributed by atoms with Gasteiger partial charge in [-0.1, -0.05) is 22.8 Å². The highest BCUT2D eigenvalue weighted by Crippen LogP contribution is 2.39. The van der Waals surface area contributed by atoms with Gasteiger partial charge in [-0.2, -0.15) is 0 Å². The van der Waals surface area contributed by atoms with Crippen molar-refractivity contribution in [2.75, 3.05) is 5.32 Å². The van der Waals surface area contributed by atoms with Crippen LogP contribution in [0.4, 0.5) is 10.1 Å². The molecule has 2 aromatic heterocycles. The second kappa shape index (κ2) is 8.06. The first kappa shape index (κ1) is 20.7. The van der Waals surface area contributed by atoms with Crippen LogP contribution in [0.5, 0.6) is 0 Å². The Morgan fingerprint density at radius 2 is 2.00 bits per heavy atom. The molecule has 0 spiro atoms. The van der Waals surface area contributed by atoms with Crippen LogP contribution < -0.4 is 10.9 Å². The smallest absolute Gasteiger partial charge is 0.264 e. The van der Waals surface area contributed by atoms with E-state index in [9.17, 15) is 14.0 Å². The number of carbonyl (C=O) groups excluding carboxylic acids is 1. The minimum atomic E-state index is -0.348. The predicted molar refractivity (Wildman–Crippen MR) is 122 cm³/mol. The molecule has 164 valence electrons. The molecule has 1 fully saturated rings. The minimum Gasteiger partial charge on any atom is -0.360 e. The van der Waals surface area contributed by atoms with Crippen LogP contribution in [0.2, 0.25) is 5.02 Å². The van der Waals surface area contributed by atoms with E-state index in [2.05, 4.69) is 10.5 Å². The number of nitrogens with one attached hydrogen (secondary N) is 1. The summed E-state index contributed by atoms with van der Waals surface area (Å²) in [5, 5.41) is 8.57. The molecule has 6 nitrogen and oxygen atoms in total. The van der Waals surface area contributed by atoms with E-state index in [1.54, 1.807) is 17.6 Å². The standard InChI is InChI=1S/C24H21ClFN3O3/c1-13-21-23(28-32-13)22-18(25)3-2-4-19(22)29(24(21)31)17-10-5-14(11-17)12-20(30)27-16-8-6-15(26)7-9-16/h2-4,6-9,14,17H,5,10-12H2,1H3,(H,27,30)/t14-,17+/m1/s1. The van der Waals surface area contributed by atoms with Gasteiger partial charge in [0.1, 0.15) is 22.5 Å². The van der Waals surface area contributed by atoms with Gasteiger partial charge < -0.3 is 14.4 Å². The van der Waals surface area contributed by atoms with E-state index in [1.165, 1.54) is 24.3 Å². The van der Waals surface area contributed by atoms with Gasteiger partial charge in [-0.25, -0.2) is 4.39 Å². The first-order chi connectivity index (χ1) is 15.4. The maximum atomic E-state index is 13.4. The quantitative estimate of drug-likeness (QED) is 0.435. The summed E-state index contributed by atoms with van der Waals surface area (Å²) in [6.45, 7) is 1.72. The summed E-state index contributed by atoms with van der Waals surface area (Å²) in [5.41, 5.74) is 1.63. The van der Waals surface area contributed by atoms with Crippen molar-refractivity contribution in [3.05, 3.63) is 69.4 Å². The van der Waals surface area contributed by atoms with Gasteiger partial charge in [0.25, 0.3) is 5.56 Å². The summed E-state index contributed by atoms with van der Waals surface area (Å²) in [6.07, 6.45) is 2.66. The van der Waals surface area contributed by atoms with Gasteiger partial charge in [0.2, 0.25) is 5.91 Å². The van der Waals surface area contributed by atoms with Gasteiger partial charge in [-0.15, -0.1) is 0 Å². The summed E-state index contributed by atoms with van der Waals surface area (Å²) in [6, 6.07) is 11.1. The lowest BCUT2D eigenvalue weighted by atomic mass is 10.0. The maximum Gasteiger partial charge on any atom is 0.264 e. The van der Waals surface area contributed by atoms with Crippen molar-refractivity contribution in [3.63, 3.8) is 0 Å². The van der Waals surface area contributed by atoms with Crippen LogP contribution >= 0.6 is 11.6 Å². The molecule has 2 heterocycles. The van der Waals surface area contributed by atoms with E-state index in [4.69, 9.17) is 16.1 Å². The van der Waals surface area contributed by atoms with Crippen LogP contribution in [0.25, 0.3) is 21.8 Å². The second-order valence-electron chi connectivity index (χ2n) is 8.36. The molecule has 1 aliphatic carbocycles. The largest absolute Gasteiger partial charge is 0.360 e. The van der Waals surface area contributed by atoms with E-state index in [0.29, 0.717) is 45.6 Å². The average molecular weight is 454 g/mol. The Labute approximate surface area is 188 Å². The molecule has 4 aromatic rings. The molecule has 0 aliphatic heterocycles. The van der Waals surface area contributed by atoms with Crippen molar-refractivity contribution in [1.82, 2.24) is 9.72 Å². The number of aryl methyl sites for hydroxylation is 1. The van der Waals surface area contributed by atoms with Crippen LogP contribution in [-0.2, 0) is 4.79 Å². The Balaban J connectivity index is 1.43. The number of hydrogen-bond donors (Lipinski definition) is 1. The van der Waals surface area contributed by atoms with Crippen LogP contribution in [0.15, 0.2) is 51.8 Å². The molecule has 1 N–H and O–H groups in total. The molecule has 1 aliphatic rings. The molecule has 0 radical (unpaired) electrons. The third-order valence-electron chi connectivity index (χ3n) is 6.26. The van der Waals surface area contributed by atoms with E-state index in [1.807, 2.05) is 12.1 Å². The molecule has 8 heteroatoms. The number of pyridine rings is 1. The van der Waals surface area contributed by atoms with E-state index < -0.39 is 0 Å². The number of amides is 1. The number of rotatable bonds is 4. The lowest BCUT2D eigenvalue weighted by molar-refractivity contribution is -0.117. The first-order valence-electron chi connectivity index (χ1n) is 10.6. The molecular weight excluding hydrogens is 433 g/mol. The monoisotopic (exact) mass is 453 g/mol. The zero-order chi connectivity index (χ0) is 22.4. The van der Waals surface area contributed by atoms with Crippen molar-refractivity contribution in [3.8, 4) is 0 Å². The van der Waals surface area contributed by atoms with Crippen molar-refractivity contribution in [2.24, 2.45) is 5.92 Å². The number of hydrogen-bond acceptors (Lipinski definition) is 4. The summed E-state index contributed by atoms with van der Waals surface area (Å²) in [7, 11) is 0. The Kier molecular flexibility index (Phi) is 5.21. The molecule has 2 atom stereocenters. The van der Waals surface area contributed by atoms with Crippen LogP contribution in [0, 0.1) is 18.7 Å². The molecule has 0 bridgehead atoms. The van der Waals surface area contributed by atoms with E-state index >= 15 is 0 Å². The number of carbonyl (C=O) groups is 1. The third-order valence-corrected chi connectivity index (χ3v) is 6.58. The number of halogens is 2. The van der Waals surface area contributed by atoms with E-state index in [0.717, 1.165) is 18.4 Å². The van der Waals surface area contributed by atoms with Gasteiger partial charge in [0.15, 0.2) is 0 Å². The van der Waals surface area contributed by atoms with Gasteiger partial charge in [-0.3, -0.25) is 9.59 Å². The Bertz CT molecular complexity index is 1390. The summed E-state index contributed by atoms with van der Waals surface area (Å²) in [5.74, 6) is 0.141. The molecular formula is C24H21ClFN3O3. The lowest BCUT2D eigenvalue weighted by Crippen LogP contribution is -2.25. The fourth-order valence-corrected chi connectivity index (χ4v) is 5.07. The third kappa shape index (κ3) is 3.56. The Morgan fingerprint density at radius 3 is 2.78 bits per heavy atom. The normalized spacial score (nSPS) is 18.5. The molecule has 0 unspecified atom stereocenters. The van der Waals surface area contributed by atoms with Crippen molar-refractivity contribution < 1.29 is 13.7 Å². The highest BCUT2D eigenvalue weighted by atomic mass is 35.5. The SMILES string of the molecule is Cc1onc2c1c(=O)n([C@H]1CC[C@@H](CC(=O)Nc3ccc(F)cc3)C1)c1cccc(Cl)c21. The first-order valence-corrected chi connectivity index (χ1v) is 10.9. The van der Waals surface area contributed by atoms with Crippen molar-refractivity contribution in [2.45, 2.75) is 38.6 Å². The van der Waals surface area contributed by atoms with Crippen LogP contribution in [-0.4, -0.2) is 15.6 Å². The maximum absolute atomic E-state index is 13.4. The van der Waals surface area contributed by atoms with E-state index in [-0.39, 0.29) is 29.2 Å². The summed E-state index contributed by atoms with van der Waals surface area (Å²) >= 11 is 6.49. The molecule has 32 heavy (non-hydrogen) atoms. The highest BCUT2D eigenvalue weighted by Gasteiger charge is 2.31. The Hall–Kier alpha value is -3.19. The lowest BCUT2D eigenvalue weighted by Gasteiger charge is -2.18. The number of fused-ring (bicyclic) bond motifs is 3. The molecule has 5 rings (SSSR count). The summed E-state index contributed by atoms with van der Waals surface area (Å²) in [4.78, 5) is 25.9. The van der Waals surface area contributed by atoms with Gasteiger partial charge >= 0.3 is 0 Å². The van der Waals surface area contributed by atoms with Crippen LogP contribution in [0.1, 0.15) is 37.5 Å². The van der Waals surface area contributed by atoms with Crippen molar-refractivity contribution in [1.29, 1.82) is 0 Å². The summed E-state index contributed by atoms with van der Waals surface area (Å²) < 4.78 is 20.2.